The van der Waals surface area contributed by atoms with Gasteiger partial charge in [0, 0.05) is 45.3 Å². The van der Waals surface area contributed by atoms with E-state index < -0.39 is 62.2 Å². The summed E-state index contributed by atoms with van der Waals surface area (Å²) in [5.74, 6) is 2.44. The van der Waals surface area contributed by atoms with Crippen LogP contribution in [-0.2, 0) is 67.2 Å². The number of nitrogens with zero attached hydrogens (tertiary/aromatic N) is 1. The average molecular weight is 1710 g/mol. The molecule has 1 saturated carbocycles. The van der Waals surface area contributed by atoms with Crippen LogP contribution in [0.5, 0.6) is 0 Å². The van der Waals surface area contributed by atoms with Gasteiger partial charge in [-0.1, -0.05) is 287 Å². The van der Waals surface area contributed by atoms with E-state index in [9.17, 15) is 33.7 Å². The fraction of sp³-hybridized carbons (Fsp3) is 0.557. The fourth-order valence-electron chi connectivity index (χ4n) is 12.8. The van der Waals surface area contributed by atoms with Gasteiger partial charge in [-0.05, 0) is 261 Å². The average Bonchev–Trinajstić information content (AvgIpc) is 1.73. The second kappa shape index (κ2) is 38.7. The molecule has 0 unspecified atom stereocenters. The second-order valence-corrected chi connectivity index (χ2v) is 49.3. The Balaban J connectivity index is 0.000000294. The molecule has 1 aliphatic carbocycles. The summed E-state index contributed by atoms with van der Waals surface area (Å²) < 4.78 is 111. The van der Waals surface area contributed by atoms with Gasteiger partial charge in [0.15, 0.2) is 0 Å². The summed E-state index contributed by atoms with van der Waals surface area (Å²) in [5.41, 5.74) is 12.9. The van der Waals surface area contributed by atoms with Crippen LogP contribution >= 0.6 is 23.2 Å². The first-order valence-corrected chi connectivity index (χ1v) is 47.8. The molecule has 9 rings (SSSR count). The maximum absolute atomic E-state index is 12.7. The first-order valence-electron chi connectivity index (χ1n) is 41.2. The number of aromatic nitrogens is 1. The number of fused-ring (bicyclic) bond motifs is 2. The van der Waals surface area contributed by atoms with Gasteiger partial charge < -0.3 is 0 Å². The van der Waals surface area contributed by atoms with Crippen molar-refractivity contribution in [2.45, 2.75) is 373 Å². The van der Waals surface area contributed by atoms with Crippen molar-refractivity contribution in [2.24, 2.45) is 0 Å². The van der Waals surface area contributed by atoms with E-state index in [0.29, 0.717) is 55.2 Å². The molecule has 116 heavy (non-hydrogen) atoms. The Morgan fingerprint density at radius 2 is 0.655 bits per heavy atom. The molecule has 8 aromatic rings. The highest BCUT2D eigenvalue weighted by Gasteiger charge is 2.40. The molecule has 1 aromatic heterocycles. The highest BCUT2D eigenvalue weighted by Crippen LogP contribution is 2.49. The van der Waals surface area contributed by atoms with E-state index in [-0.39, 0.29) is 42.4 Å². The minimum atomic E-state index is -3.68. The molecule has 0 aliphatic heterocycles. The van der Waals surface area contributed by atoms with Crippen LogP contribution in [0.4, 0.5) is 0 Å². The molecule has 646 valence electrons. The van der Waals surface area contributed by atoms with Crippen LogP contribution in [0.1, 0.15) is 366 Å². The van der Waals surface area contributed by atoms with E-state index in [1.807, 2.05) is 152 Å². The van der Waals surface area contributed by atoms with Gasteiger partial charge in [0.1, 0.15) is 4.90 Å². The van der Waals surface area contributed by atoms with Gasteiger partial charge in [-0.15, -0.1) is 0 Å². The van der Waals surface area contributed by atoms with Gasteiger partial charge in [-0.2, -0.15) is 0 Å². The maximum atomic E-state index is 12.7. The van der Waals surface area contributed by atoms with Gasteiger partial charge in [-0.25, -0.2) is 52.6 Å². The van der Waals surface area contributed by atoms with Crippen LogP contribution < -0.4 is 18.9 Å². The Kier molecular flexibility index (Phi) is 34.3. The van der Waals surface area contributed by atoms with Crippen LogP contribution in [0.25, 0.3) is 21.5 Å². The SMILES string of the molecule is CC(C)c1cc(C(C)(C)C)cc(C(C)(C)C)c1.CC(C)c1cc(C(C)(C)C)cc(C2(C)CC2)c1.CC(C)c1ccc(S(=O)(=O)NC(C)(C)C)c(C(C)(C)C)c1.CC(C)c1ccc(S(=O)(=O)NC(C)(C)C)c(Cl)c1Cl.CC(C)c1ccc(S(=O)(=O)NC(C)(C)C)c2ccccc12.CC(C)c1ccc(S(=O)(=O)NC(C)(C)C)c2cnccc12. The molecule has 4 N–H and O–H groups in total. The topological polar surface area (TPSA) is 198 Å². The number of rotatable bonds is 15. The summed E-state index contributed by atoms with van der Waals surface area (Å²) in [4.78, 5) is 5.12. The molecule has 19 heteroatoms. The van der Waals surface area contributed by atoms with Crippen LogP contribution in [0.2, 0.25) is 10.0 Å². The van der Waals surface area contributed by atoms with Crippen molar-refractivity contribution in [1.82, 2.24) is 23.9 Å². The van der Waals surface area contributed by atoms with Crippen molar-refractivity contribution in [3.63, 3.8) is 0 Å². The highest BCUT2D eigenvalue weighted by atomic mass is 35.5. The van der Waals surface area contributed by atoms with E-state index in [4.69, 9.17) is 23.2 Å². The first kappa shape index (κ1) is 103. The molecule has 0 atom stereocenters. The van der Waals surface area contributed by atoms with Crippen LogP contribution in [-0.4, -0.2) is 60.8 Å². The summed E-state index contributed by atoms with van der Waals surface area (Å²) in [6.07, 6.45) is 6.04. The minimum absolute atomic E-state index is 0.0125. The number of hydrogen-bond donors (Lipinski definition) is 4. The lowest BCUT2D eigenvalue weighted by molar-refractivity contribution is 0.486. The van der Waals surface area contributed by atoms with E-state index in [0.717, 1.165) is 38.4 Å². The van der Waals surface area contributed by atoms with Gasteiger partial charge in [-0.3, -0.25) is 4.98 Å². The molecule has 1 fully saturated rings. The molecule has 0 radical (unpaired) electrons. The third kappa shape index (κ3) is 30.2. The van der Waals surface area contributed by atoms with Crippen LogP contribution in [0.3, 0.4) is 0 Å². The number of halogens is 2. The van der Waals surface area contributed by atoms with Gasteiger partial charge in [0.05, 0.1) is 24.7 Å². The maximum Gasteiger partial charge on any atom is 0.242 e. The molecule has 0 bridgehead atoms. The lowest BCUT2D eigenvalue weighted by atomic mass is 9.78. The lowest BCUT2D eigenvalue weighted by Crippen LogP contribution is -2.41. The van der Waals surface area contributed by atoms with E-state index >= 15 is 0 Å². The molecule has 0 amide bonds. The number of hydrogen-bond acceptors (Lipinski definition) is 9. The number of benzene rings is 7. The Morgan fingerprint density at radius 1 is 0.328 bits per heavy atom. The van der Waals surface area contributed by atoms with E-state index in [1.165, 1.54) is 52.3 Å². The summed E-state index contributed by atoms with van der Waals surface area (Å²) >= 11 is 12.3. The zero-order valence-electron chi connectivity index (χ0n) is 77.7. The Labute approximate surface area is 715 Å². The summed E-state index contributed by atoms with van der Waals surface area (Å²) in [6.45, 7) is 76.8. The zero-order valence-corrected chi connectivity index (χ0v) is 82.5. The molecule has 0 spiro atoms. The van der Waals surface area contributed by atoms with Gasteiger partial charge in [0.25, 0.3) is 0 Å². The number of sulfonamides is 4. The summed E-state index contributed by atoms with van der Waals surface area (Å²) in [5, 5.41) is 3.76. The first-order chi connectivity index (χ1) is 52.2. The molecule has 1 heterocycles. The second-order valence-electron chi connectivity index (χ2n) is 41.9. The Morgan fingerprint density at radius 3 is 1.02 bits per heavy atom. The predicted molar refractivity (Wildman–Crippen MR) is 498 cm³/mol. The molecule has 13 nitrogen and oxygen atoms in total. The molecule has 1 aliphatic rings. The number of pyridine rings is 1. The Hall–Kier alpha value is -5.57. The third-order valence-electron chi connectivity index (χ3n) is 19.6. The molecular formula is C97H147Cl2N5O8S4. The molecule has 0 saturated heterocycles. The van der Waals surface area contributed by atoms with Crippen LogP contribution in [0, 0.1) is 0 Å². The predicted octanol–water partition coefficient (Wildman–Crippen LogP) is 26.4. The van der Waals surface area contributed by atoms with Gasteiger partial charge in [0.2, 0.25) is 40.1 Å². The normalized spacial score (nSPS) is 14.0. The Bertz CT molecular complexity index is 4900. The summed E-state index contributed by atoms with van der Waals surface area (Å²) in [6, 6.07) is 40.1. The fourth-order valence-corrected chi connectivity index (χ4v) is 20.3. The van der Waals surface area contributed by atoms with Crippen molar-refractivity contribution in [2.75, 3.05) is 0 Å². The quantitative estimate of drug-likeness (QED) is 0.0771. The van der Waals surface area contributed by atoms with Gasteiger partial charge >= 0.3 is 0 Å². The van der Waals surface area contributed by atoms with Crippen molar-refractivity contribution in [3.05, 3.63) is 205 Å². The third-order valence-corrected chi connectivity index (χ3v) is 27.9. The molecular weight excluding hydrogens is 1560 g/mol. The largest absolute Gasteiger partial charge is 0.264 e. The monoisotopic (exact) mass is 1710 g/mol. The number of nitrogens with one attached hydrogen (secondary N) is 4. The van der Waals surface area contributed by atoms with Crippen LogP contribution in [0.15, 0.2) is 153 Å². The minimum Gasteiger partial charge on any atom is -0.264 e. The highest BCUT2D eigenvalue weighted by molar-refractivity contribution is 7.90. The van der Waals surface area contributed by atoms with E-state index in [2.05, 4.69) is 199 Å². The van der Waals surface area contributed by atoms with E-state index in [1.54, 1.807) is 63.0 Å². The summed E-state index contributed by atoms with van der Waals surface area (Å²) in [7, 11) is -14.3. The standard InChI is InChI=1S/C17H23NO2S.C17H29NO2S.C17H26.C17H28.C16H22N2O2S.C13H19Cl2NO2S/c1-12(2)13-10-11-16(15-9-7-6-8-14(13)15)21(19,20)18-17(3,4)5;1-12(2)13-9-10-15(14(11-13)16(3,4)5)21(19,20)18-17(6,7)8;1-12(2)13-9-14(16(3,4)5)11-15(10-13)17(6)7-8-17;1-12(2)13-9-14(16(3,4)5)11-15(10-13)17(6,7)8;1-11(2)12-6-7-15(14-10-17-9-8-13(12)14)21(19,20)18-16(3,4)5;1-8(2)9-6-7-10(12(15)11(9)14)19(17,18)16-13(3,4)5/h6-12,18H,1-5H3;9-12,18H,1-8H3;9-12H,7-8H2,1-6H3;9-12H,1-8H3;6-11,18H,1-5H3;6-8,16H,1-5H3. The lowest BCUT2D eigenvalue weighted by Gasteiger charge is -2.27. The van der Waals surface area contributed by atoms with Crippen molar-refractivity contribution in [3.8, 4) is 0 Å². The van der Waals surface area contributed by atoms with Crippen molar-refractivity contribution < 1.29 is 33.7 Å². The van der Waals surface area contributed by atoms with Crippen molar-refractivity contribution >= 4 is 84.8 Å². The molecule has 7 aromatic carbocycles. The zero-order chi connectivity index (χ0) is 89.6. The smallest absolute Gasteiger partial charge is 0.242 e. The van der Waals surface area contributed by atoms with Crippen molar-refractivity contribution in [1.29, 1.82) is 0 Å².